The fourth-order valence-electron chi connectivity index (χ4n) is 2.15. The van der Waals surface area contributed by atoms with Crippen LogP contribution in [0.2, 0.25) is 0 Å². The van der Waals surface area contributed by atoms with E-state index in [9.17, 15) is 12.8 Å². The lowest BCUT2D eigenvalue weighted by atomic mass is 9.84. The lowest BCUT2D eigenvalue weighted by Crippen LogP contribution is -2.53. The fourth-order valence-corrected chi connectivity index (χ4v) is 3.28. The Labute approximate surface area is 111 Å². The zero-order valence-corrected chi connectivity index (χ0v) is 11.5. The maximum Gasteiger partial charge on any atom is 0.216 e. The largest absolute Gasteiger partial charge is 0.366 e. The molecule has 1 fully saturated rings. The molecular weight excluding hydrogens is 271 g/mol. The van der Waals surface area contributed by atoms with Crippen molar-refractivity contribution >= 4 is 15.8 Å². The molecule has 0 aromatic carbocycles. The molecule has 0 spiro atoms. The highest BCUT2D eigenvalue weighted by molar-refractivity contribution is 7.90. The number of primary sulfonamides is 1. The zero-order valence-electron chi connectivity index (χ0n) is 10.7. The Morgan fingerprint density at radius 2 is 2.16 bits per heavy atom. The van der Waals surface area contributed by atoms with Crippen LogP contribution in [0.15, 0.2) is 6.33 Å². The van der Waals surface area contributed by atoms with Gasteiger partial charge in [-0.25, -0.2) is 27.9 Å². The number of hydrogen-bond donors (Lipinski definition) is 2. The van der Waals surface area contributed by atoms with E-state index in [0.29, 0.717) is 25.0 Å². The molecule has 0 radical (unpaired) electrons. The molecule has 0 saturated heterocycles. The number of nitrogens with zero attached hydrogens (tertiary/aromatic N) is 2. The Morgan fingerprint density at radius 3 is 2.63 bits per heavy atom. The number of nitrogens with one attached hydrogen (secondary N) is 1. The Kier molecular flexibility index (Phi) is 3.73. The quantitative estimate of drug-likeness (QED) is 0.835. The van der Waals surface area contributed by atoms with Crippen LogP contribution in [0, 0.1) is 5.82 Å². The second-order valence-corrected chi connectivity index (χ2v) is 6.73. The molecule has 1 heterocycles. The van der Waals surface area contributed by atoms with Crippen molar-refractivity contribution in [3.8, 4) is 0 Å². The number of aromatic nitrogens is 2. The monoisotopic (exact) mass is 288 g/mol. The maximum atomic E-state index is 13.9. The highest BCUT2D eigenvalue weighted by Gasteiger charge is 2.47. The summed E-state index contributed by atoms with van der Waals surface area (Å²) in [5, 5.41) is 7.99. The molecule has 1 aliphatic rings. The molecule has 19 heavy (non-hydrogen) atoms. The van der Waals surface area contributed by atoms with Crippen LogP contribution in [0.4, 0.5) is 10.2 Å². The second-order valence-electron chi connectivity index (χ2n) is 4.77. The Morgan fingerprint density at radius 1 is 1.47 bits per heavy atom. The van der Waals surface area contributed by atoms with Gasteiger partial charge in [0.1, 0.15) is 11.1 Å². The van der Waals surface area contributed by atoms with Crippen LogP contribution in [0.5, 0.6) is 0 Å². The summed E-state index contributed by atoms with van der Waals surface area (Å²) in [6.07, 6.45) is 3.50. The van der Waals surface area contributed by atoms with E-state index in [2.05, 4.69) is 15.3 Å². The van der Waals surface area contributed by atoms with Gasteiger partial charge >= 0.3 is 0 Å². The minimum Gasteiger partial charge on any atom is -0.366 e. The SMILES string of the molecule is CCc1ncnc(NCC2(S(N)(=O)=O)CCC2)c1F. The molecule has 1 saturated carbocycles. The standard InChI is InChI=1S/C11H17FN4O2S/c1-2-8-9(12)10(16-7-15-8)14-6-11(4-3-5-11)19(13,17)18/h7H,2-6H2,1H3,(H2,13,17,18)(H,14,15,16). The molecule has 1 aromatic rings. The molecule has 3 N–H and O–H groups in total. The van der Waals surface area contributed by atoms with E-state index in [0.717, 1.165) is 6.42 Å². The van der Waals surface area contributed by atoms with Crippen molar-refractivity contribution in [2.24, 2.45) is 5.14 Å². The Hall–Kier alpha value is -1.28. The van der Waals surface area contributed by atoms with Gasteiger partial charge < -0.3 is 5.32 Å². The number of hydrogen-bond acceptors (Lipinski definition) is 5. The van der Waals surface area contributed by atoms with Crippen LogP contribution in [0.1, 0.15) is 31.9 Å². The van der Waals surface area contributed by atoms with Crippen LogP contribution in [0.25, 0.3) is 0 Å². The van der Waals surface area contributed by atoms with Gasteiger partial charge in [0, 0.05) is 6.54 Å². The first-order valence-electron chi connectivity index (χ1n) is 6.15. The number of nitrogens with two attached hydrogens (primary N) is 1. The average Bonchev–Trinajstić information content (AvgIpc) is 2.27. The van der Waals surface area contributed by atoms with E-state index >= 15 is 0 Å². The van der Waals surface area contributed by atoms with Gasteiger partial charge in [0.15, 0.2) is 11.6 Å². The number of rotatable bonds is 5. The van der Waals surface area contributed by atoms with Gasteiger partial charge in [0.25, 0.3) is 0 Å². The minimum atomic E-state index is -3.65. The third-order valence-electron chi connectivity index (χ3n) is 3.64. The molecule has 1 aromatic heterocycles. The van der Waals surface area contributed by atoms with Crippen molar-refractivity contribution in [2.75, 3.05) is 11.9 Å². The van der Waals surface area contributed by atoms with E-state index in [1.54, 1.807) is 6.92 Å². The number of anilines is 1. The molecule has 8 heteroatoms. The summed E-state index contributed by atoms with van der Waals surface area (Å²) in [6.45, 7) is 1.86. The number of aryl methyl sites for hydroxylation is 1. The van der Waals surface area contributed by atoms with E-state index < -0.39 is 20.6 Å². The molecule has 106 valence electrons. The summed E-state index contributed by atoms with van der Waals surface area (Å²) in [5.41, 5.74) is 0.302. The lowest BCUT2D eigenvalue weighted by molar-refractivity contribution is 0.351. The summed E-state index contributed by atoms with van der Waals surface area (Å²) in [6, 6.07) is 0. The van der Waals surface area contributed by atoms with Crippen LogP contribution >= 0.6 is 0 Å². The minimum absolute atomic E-state index is 0.0294. The van der Waals surface area contributed by atoms with Gasteiger partial charge in [-0.05, 0) is 19.3 Å². The van der Waals surface area contributed by atoms with Crippen LogP contribution < -0.4 is 10.5 Å². The first-order chi connectivity index (χ1) is 8.89. The van der Waals surface area contributed by atoms with Gasteiger partial charge in [-0.15, -0.1) is 0 Å². The molecule has 0 aliphatic heterocycles. The van der Waals surface area contributed by atoms with Gasteiger partial charge in [-0.1, -0.05) is 13.3 Å². The third-order valence-corrected chi connectivity index (χ3v) is 5.40. The predicted octanol–water partition coefficient (Wildman–Crippen LogP) is 0.801. The van der Waals surface area contributed by atoms with Gasteiger partial charge in [-0.3, -0.25) is 0 Å². The van der Waals surface area contributed by atoms with Gasteiger partial charge in [0.05, 0.1) is 5.69 Å². The van der Waals surface area contributed by atoms with Crippen LogP contribution in [0.3, 0.4) is 0 Å². The lowest BCUT2D eigenvalue weighted by Gasteiger charge is -2.39. The summed E-state index contributed by atoms with van der Waals surface area (Å²) >= 11 is 0. The van der Waals surface area contributed by atoms with Crippen molar-refractivity contribution < 1.29 is 12.8 Å². The first-order valence-corrected chi connectivity index (χ1v) is 7.70. The van der Waals surface area contributed by atoms with Crippen molar-refractivity contribution in [2.45, 2.75) is 37.4 Å². The van der Waals surface area contributed by atoms with Gasteiger partial charge in [0.2, 0.25) is 10.0 Å². The zero-order chi connectivity index (χ0) is 14.1. The molecule has 0 bridgehead atoms. The molecule has 0 unspecified atom stereocenters. The maximum absolute atomic E-state index is 13.9. The van der Waals surface area contributed by atoms with E-state index in [4.69, 9.17) is 5.14 Å². The molecule has 0 atom stereocenters. The average molecular weight is 288 g/mol. The molecular formula is C11H17FN4O2S. The third kappa shape index (κ3) is 2.55. The van der Waals surface area contributed by atoms with Crippen molar-refractivity contribution in [3.63, 3.8) is 0 Å². The first kappa shape index (κ1) is 14.1. The normalized spacial score (nSPS) is 17.8. The number of halogens is 1. The fraction of sp³-hybridized carbons (Fsp3) is 0.636. The smallest absolute Gasteiger partial charge is 0.216 e. The highest BCUT2D eigenvalue weighted by atomic mass is 32.2. The summed E-state index contributed by atoms with van der Waals surface area (Å²) in [5.74, 6) is -0.504. The van der Waals surface area contributed by atoms with Crippen molar-refractivity contribution in [1.29, 1.82) is 0 Å². The van der Waals surface area contributed by atoms with Crippen molar-refractivity contribution in [3.05, 3.63) is 17.8 Å². The topological polar surface area (TPSA) is 98.0 Å². The Balaban J connectivity index is 2.15. The predicted molar refractivity (Wildman–Crippen MR) is 69.5 cm³/mol. The summed E-state index contributed by atoms with van der Waals surface area (Å²) in [7, 11) is -3.65. The van der Waals surface area contributed by atoms with E-state index in [-0.39, 0.29) is 12.4 Å². The van der Waals surface area contributed by atoms with Crippen molar-refractivity contribution in [1.82, 2.24) is 9.97 Å². The molecule has 6 nitrogen and oxygen atoms in total. The molecule has 0 amide bonds. The molecule has 2 rings (SSSR count). The number of sulfonamides is 1. The Bertz CT molecular complexity index is 572. The van der Waals surface area contributed by atoms with Crippen LogP contribution in [-0.2, 0) is 16.4 Å². The van der Waals surface area contributed by atoms with Gasteiger partial charge in [-0.2, -0.15) is 0 Å². The summed E-state index contributed by atoms with van der Waals surface area (Å²) < 4.78 is 36.1. The second kappa shape index (κ2) is 5.01. The summed E-state index contributed by atoms with van der Waals surface area (Å²) in [4.78, 5) is 7.61. The van der Waals surface area contributed by atoms with E-state index in [1.165, 1.54) is 6.33 Å². The van der Waals surface area contributed by atoms with Crippen LogP contribution in [-0.4, -0.2) is 29.7 Å². The molecule has 1 aliphatic carbocycles. The van der Waals surface area contributed by atoms with E-state index in [1.807, 2.05) is 0 Å². The highest BCUT2D eigenvalue weighted by Crippen LogP contribution is 2.38.